The second kappa shape index (κ2) is 6.37. The molecule has 0 fully saturated rings. The smallest absolute Gasteiger partial charge is 0.269 e. The van der Waals surface area contributed by atoms with E-state index in [0.29, 0.717) is 0 Å². The summed E-state index contributed by atoms with van der Waals surface area (Å²) in [4.78, 5) is 10.5. The minimum Gasteiger partial charge on any atom is -0.366 e. The highest BCUT2D eigenvalue weighted by Gasteiger charge is 2.27. The van der Waals surface area contributed by atoms with Gasteiger partial charge in [0.2, 0.25) is 0 Å². The lowest BCUT2D eigenvalue weighted by atomic mass is 9.93. The molecule has 0 saturated heterocycles. The zero-order valence-electron chi connectivity index (χ0n) is 13.4. The monoisotopic (exact) mass is 331 g/mol. The molecule has 124 valence electrons. The van der Waals surface area contributed by atoms with Crippen LogP contribution in [0.5, 0.6) is 0 Å². The van der Waals surface area contributed by atoms with E-state index in [2.05, 4.69) is 34.9 Å². The van der Waals surface area contributed by atoms with Gasteiger partial charge in [-0.05, 0) is 34.9 Å². The summed E-state index contributed by atoms with van der Waals surface area (Å²) in [5.41, 5.74) is 4.49. The second-order valence-electron chi connectivity index (χ2n) is 6.02. The number of benzene rings is 3. The summed E-state index contributed by atoms with van der Waals surface area (Å²) >= 11 is 0. The van der Waals surface area contributed by atoms with Crippen LogP contribution in [0, 0.1) is 10.1 Å². The Morgan fingerprint density at radius 3 is 2.20 bits per heavy atom. The summed E-state index contributed by atoms with van der Waals surface area (Å²) in [6.45, 7) is 0. The third-order valence-corrected chi connectivity index (χ3v) is 4.48. The summed E-state index contributed by atoms with van der Waals surface area (Å²) < 4.78 is 0. The van der Waals surface area contributed by atoms with Crippen molar-refractivity contribution in [3.63, 3.8) is 0 Å². The predicted molar refractivity (Wildman–Crippen MR) is 97.3 cm³/mol. The number of nitro benzene ring substituents is 1. The van der Waals surface area contributed by atoms with E-state index in [-0.39, 0.29) is 22.8 Å². The van der Waals surface area contributed by atoms with Crippen LogP contribution < -0.4 is 10.6 Å². The molecule has 1 aliphatic rings. The standard InChI is InChI=1S/C20H17N3O2/c24-23(25)16-12-10-15(11-13-16)20-21-18-9-5-4-8-17(18)19(22-20)14-6-2-1-3-7-14/h1-13,19-22H/t19-,20+/m1/s1. The van der Waals surface area contributed by atoms with Crippen LogP contribution in [0.2, 0.25) is 0 Å². The van der Waals surface area contributed by atoms with Crippen molar-refractivity contribution in [2.45, 2.75) is 12.2 Å². The van der Waals surface area contributed by atoms with Gasteiger partial charge in [-0.15, -0.1) is 0 Å². The summed E-state index contributed by atoms with van der Waals surface area (Å²) in [7, 11) is 0. The molecule has 0 radical (unpaired) electrons. The lowest BCUT2D eigenvalue weighted by Crippen LogP contribution is -2.37. The lowest BCUT2D eigenvalue weighted by Gasteiger charge is -2.35. The molecular formula is C20H17N3O2. The fraction of sp³-hybridized carbons (Fsp3) is 0.100. The Hall–Kier alpha value is -3.18. The maximum Gasteiger partial charge on any atom is 0.269 e. The third-order valence-electron chi connectivity index (χ3n) is 4.48. The van der Waals surface area contributed by atoms with E-state index in [1.54, 1.807) is 12.1 Å². The maximum absolute atomic E-state index is 10.9. The fourth-order valence-electron chi connectivity index (χ4n) is 3.22. The molecule has 0 aliphatic carbocycles. The number of para-hydroxylation sites is 1. The van der Waals surface area contributed by atoms with Crippen LogP contribution in [0.1, 0.15) is 28.9 Å². The highest BCUT2D eigenvalue weighted by molar-refractivity contribution is 5.58. The minimum atomic E-state index is -0.381. The lowest BCUT2D eigenvalue weighted by molar-refractivity contribution is -0.384. The van der Waals surface area contributed by atoms with Crippen molar-refractivity contribution < 1.29 is 4.92 Å². The molecule has 0 saturated carbocycles. The van der Waals surface area contributed by atoms with Crippen molar-refractivity contribution in [2.24, 2.45) is 0 Å². The Morgan fingerprint density at radius 2 is 1.48 bits per heavy atom. The number of non-ortho nitro benzene ring substituents is 1. The highest BCUT2D eigenvalue weighted by Crippen LogP contribution is 2.36. The molecular weight excluding hydrogens is 314 g/mol. The van der Waals surface area contributed by atoms with E-state index >= 15 is 0 Å². The second-order valence-corrected chi connectivity index (χ2v) is 6.02. The van der Waals surface area contributed by atoms with Gasteiger partial charge in [-0.25, -0.2) is 0 Å². The average molecular weight is 331 g/mol. The molecule has 0 bridgehead atoms. The molecule has 5 nitrogen and oxygen atoms in total. The molecule has 3 aromatic carbocycles. The van der Waals surface area contributed by atoms with Crippen LogP contribution in [0.3, 0.4) is 0 Å². The molecule has 2 N–H and O–H groups in total. The number of rotatable bonds is 3. The van der Waals surface area contributed by atoms with Crippen molar-refractivity contribution in [2.75, 3.05) is 5.32 Å². The number of hydrogen-bond acceptors (Lipinski definition) is 4. The van der Waals surface area contributed by atoms with Crippen LogP contribution in [0.15, 0.2) is 78.9 Å². The fourth-order valence-corrected chi connectivity index (χ4v) is 3.22. The van der Waals surface area contributed by atoms with Gasteiger partial charge < -0.3 is 5.32 Å². The molecule has 0 aromatic heterocycles. The Labute approximate surface area is 145 Å². The molecule has 0 unspecified atom stereocenters. The first kappa shape index (κ1) is 15.4. The Bertz CT molecular complexity index is 894. The number of nitrogens with one attached hydrogen (secondary N) is 2. The van der Waals surface area contributed by atoms with Crippen molar-refractivity contribution in [1.82, 2.24) is 5.32 Å². The van der Waals surface area contributed by atoms with Crippen LogP contribution in [-0.4, -0.2) is 4.92 Å². The molecule has 3 aromatic rings. The Balaban J connectivity index is 1.71. The summed E-state index contributed by atoms with van der Waals surface area (Å²) in [5, 5.41) is 18.0. The van der Waals surface area contributed by atoms with E-state index in [0.717, 1.165) is 11.3 Å². The van der Waals surface area contributed by atoms with Gasteiger partial charge in [0.15, 0.2) is 0 Å². The van der Waals surface area contributed by atoms with Gasteiger partial charge in [0.1, 0.15) is 6.17 Å². The number of nitro groups is 1. The molecule has 0 amide bonds. The van der Waals surface area contributed by atoms with Crippen molar-refractivity contribution >= 4 is 11.4 Å². The van der Waals surface area contributed by atoms with Gasteiger partial charge in [0.05, 0.1) is 11.0 Å². The topological polar surface area (TPSA) is 67.2 Å². The number of hydrogen-bond donors (Lipinski definition) is 2. The van der Waals surface area contributed by atoms with Crippen molar-refractivity contribution in [3.05, 3.63) is 106 Å². The molecule has 1 aliphatic heterocycles. The van der Waals surface area contributed by atoms with Gasteiger partial charge in [0, 0.05) is 17.8 Å². The zero-order valence-corrected chi connectivity index (χ0v) is 13.4. The third kappa shape index (κ3) is 2.97. The highest BCUT2D eigenvalue weighted by atomic mass is 16.6. The molecule has 25 heavy (non-hydrogen) atoms. The number of nitrogens with zero attached hydrogens (tertiary/aromatic N) is 1. The summed E-state index contributed by atoms with van der Waals surface area (Å²) in [5.74, 6) is 0. The van der Waals surface area contributed by atoms with Gasteiger partial charge in [-0.3, -0.25) is 15.4 Å². The van der Waals surface area contributed by atoms with Crippen LogP contribution in [0.4, 0.5) is 11.4 Å². The largest absolute Gasteiger partial charge is 0.366 e. The van der Waals surface area contributed by atoms with Crippen molar-refractivity contribution in [3.8, 4) is 0 Å². The molecule has 4 rings (SSSR count). The van der Waals surface area contributed by atoms with Gasteiger partial charge in [-0.2, -0.15) is 0 Å². The van der Waals surface area contributed by atoms with E-state index in [1.165, 1.54) is 23.3 Å². The van der Waals surface area contributed by atoms with E-state index in [1.807, 2.05) is 30.3 Å². The molecule has 1 heterocycles. The normalized spacial score (nSPS) is 18.9. The first-order valence-corrected chi connectivity index (χ1v) is 8.13. The molecule has 5 heteroatoms. The van der Waals surface area contributed by atoms with E-state index in [4.69, 9.17) is 0 Å². The quantitative estimate of drug-likeness (QED) is 0.551. The first-order valence-electron chi connectivity index (χ1n) is 8.13. The van der Waals surface area contributed by atoms with Gasteiger partial charge in [0.25, 0.3) is 5.69 Å². The van der Waals surface area contributed by atoms with Crippen molar-refractivity contribution in [1.29, 1.82) is 0 Å². The van der Waals surface area contributed by atoms with Crippen LogP contribution in [-0.2, 0) is 0 Å². The predicted octanol–water partition coefficient (Wildman–Crippen LogP) is 4.40. The van der Waals surface area contributed by atoms with Gasteiger partial charge >= 0.3 is 0 Å². The Kier molecular flexibility index (Phi) is 3.91. The van der Waals surface area contributed by atoms with E-state index in [9.17, 15) is 10.1 Å². The molecule has 2 atom stereocenters. The number of fused-ring (bicyclic) bond motifs is 1. The number of anilines is 1. The van der Waals surface area contributed by atoms with Crippen LogP contribution >= 0.6 is 0 Å². The van der Waals surface area contributed by atoms with Crippen LogP contribution in [0.25, 0.3) is 0 Å². The SMILES string of the molecule is O=[N+]([O-])c1ccc([C@H]2Nc3ccccc3[C@@H](c3ccccc3)N2)cc1. The Morgan fingerprint density at radius 1 is 0.800 bits per heavy atom. The van der Waals surface area contributed by atoms with Gasteiger partial charge in [-0.1, -0.05) is 48.5 Å². The summed E-state index contributed by atoms with van der Waals surface area (Å²) in [6, 6.07) is 25.2. The zero-order chi connectivity index (χ0) is 17.2. The first-order chi connectivity index (χ1) is 12.2. The van der Waals surface area contributed by atoms with E-state index < -0.39 is 0 Å². The molecule has 0 spiro atoms. The minimum absolute atomic E-state index is 0.0545. The maximum atomic E-state index is 10.9. The summed E-state index contributed by atoms with van der Waals surface area (Å²) in [6.07, 6.45) is -0.124. The average Bonchev–Trinajstić information content (AvgIpc) is 2.68.